The summed E-state index contributed by atoms with van der Waals surface area (Å²) in [7, 11) is -3.27. The van der Waals surface area contributed by atoms with Gasteiger partial charge >= 0.3 is 0 Å². The smallest absolute Gasteiger partial charge is 0.186 e. The summed E-state index contributed by atoms with van der Waals surface area (Å²) >= 11 is 3.43. The summed E-state index contributed by atoms with van der Waals surface area (Å²) in [5.41, 5.74) is 1.17. The van der Waals surface area contributed by atoms with E-state index in [0.29, 0.717) is 28.6 Å². The third-order valence-electron chi connectivity index (χ3n) is 4.24. The van der Waals surface area contributed by atoms with Crippen molar-refractivity contribution in [2.45, 2.75) is 41.9 Å². The van der Waals surface area contributed by atoms with Crippen LogP contribution in [0.5, 0.6) is 0 Å². The summed E-state index contributed by atoms with van der Waals surface area (Å²) in [5.74, 6) is 0. The first-order valence-corrected chi connectivity index (χ1v) is 9.75. The average Bonchev–Trinajstić information content (AvgIpc) is 2.37. The lowest BCUT2D eigenvalue weighted by atomic mass is 9.98. The van der Waals surface area contributed by atoms with Crippen molar-refractivity contribution in [2.24, 2.45) is 0 Å². The lowest BCUT2D eigenvalue weighted by molar-refractivity contribution is 0.0416. The Bertz CT molecular complexity index is 607. The molecule has 4 nitrogen and oxygen atoms in total. The quantitative estimate of drug-likeness (QED) is 0.879. The SMILES string of the molecule is O=S(=O)(c1ccc(CC2CCCCN2)cc1Br)C1COC1. The van der Waals surface area contributed by atoms with Crippen LogP contribution in [0.2, 0.25) is 0 Å². The molecule has 6 heteroatoms. The van der Waals surface area contributed by atoms with Gasteiger partial charge in [0.1, 0.15) is 5.25 Å². The first-order valence-electron chi connectivity index (χ1n) is 7.41. The number of ether oxygens (including phenoxy) is 1. The standard InChI is InChI=1S/C15H20BrNO3S/c16-14-8-11(7-12-3-1-2-6-17-12)4-5-15(14)21(18,19)13-9-20-10-13/h4-5,8,12-13,17H,1-3,6-7,9-10H2. The minimum Gasteiger partial charge on any atom is -0.379 e. The Labute approximate surface area is 134 Å². The minimum absolute atomic E-state index is 0.308. The molecule has 1 N–H and O–H groups in total. The van der Waals surface area contributed by atoms with Crippen molar-refractivity contribution in [1.82, 2.24) is 5.32 Å². The van der Waals surface area contributed by atoms with Crippen LogP contribution < -0.4 is 5.32 Å². The van der Waals surface area contributed by atoms with Crippen LogP contribution in [0, 0.1) is 0 Å². The van der Waals surface area contributed by atoms with E-state index >= 15 is 0 Å². The van der Waals surface area contributed by atoms with Crippen molar-refractivity contribution in [1.29, 1.82) is 0 Å². The van der Waals surface area contributed by atoms with Crippen molar-refractivity contribution in [3.05, 3.63) is 28.2 Å². The van der Waals surface area contributed by atoms with Gasteiger partial charge in [-0.1, -0.05) is 12.5 Å². The molecule has 0 amide bonds. The second kappa shape index (κ2) is 6.36. The summed E-state index contributed by atoms with van der Waals surface area (Å²) < 4.78 is 30.5. The molecule has 2 aliphatic heterocycles. The molecule has 3 rings (SSSR count). The van der Waals surface area contributed by atoms with E-state index in [1.807, 2.05) is 12.1 Å². The van der Waals surface area contributed by atoms with Gasteiger partial charge in [0.2, 0.25) is 0 Å². The Balaban J connectivity index is 1.76. The number of sulfone groups is 1. The molecule has 2 heterocycles. The topological polar surface area (TPSA) is 55.4 Å². The third kappa shape index (κ3) is 3.33. The Hall–Kier alpha value is -0.430. The molecule has 21 heavy (non-hydrogen) atoms. The molecule has 1 atom stereocenters. The second-order valence-electron chi connectivity index (χ2n) is 5.82. The Morgan fingerprint density at radius 1 is 1.29 bits per heavy atom. The van der Waals surface area contributed by atoms with Gasteiger partial charge in [0.05, 0.1) is 18.1 Å². The average molecular weight is 374 g/mol. The highest BCUT2D eigenvalue weighted by Gasteiger charge is 2.35. The van der Waals surface area contributed by atoms with Crippen LogP contribution in [0.3, 0.4) is 0 Å². The lowest BCUT2D eigenvalue weighted by Crippen LogP contribution is -2.40. The van der Waals surface area contributed by atoms with Gasteiger partial charge in [-0.05, 0) is 59.4 Å². The molecule has 0 bridgehead atoms. The van der Waals surface area contributed by atoms with Crippen LogP contribution >= 0.6 is 15.9 Å². The van der Waals surface area contributed by atoms with Gasteiger partial charge in [-0.25, -0.2) is 8.42 Å². The van der Waals surface area contributed by atoms with Crippen molar-refractivity contribution in [3.63, 3.8) is 0 Å². The summed E-state index contributed by atoms with van der Waals surface area (Å²) in [4.78, 5) is 0.385. The van der Waals surface area contributed by atoms with Gasteiger partial charge in [0.15, 0.2) is 9.84 Å². The molecule has 0 spiro atoms. The van der Waals surface area contributed by atoms with Gasteiger partial charge in [0.25, 0.3) is 0 Å². The molecule has 1 aromatic carbocycles. The Kier molecular flexibility index (Phi) is 4.69. The first kappa shape index (κ1) is 15.5. The van der Waals surface area contributed by atoms with Crippen LogP contribution in [0.1, 0.15) is 24.8 Å². The van der Waals surface area contributed by atoms with Crippen LogP contribution in [-0.4, -0.2) is 39.5 Å². The van der Waals surface area contributed by atoms with Gasteiger partial charge in [0, 0.05) is 10.5 Å². The van der Waals surface area contributed by atoms with Crippen molar-refractivity contribution >= 4 is 25.8 Å². The van der Waals surface area contributed by atoms with E-state index in [9.17, 15) is 8.42 Å². The van der Waals surface area contributed by atoms with Gasteiger partial charge < -0.3 is 10.1 Å². The highest BCUT2D eigenvalue weighted by Crippen LogP contribution is 2.29. The zero-order valence-electron chi connectivity index (χ0n) is 11.8. The minimum atomic E-state index is -3.27. The van der Waals surface area contributed by atoms with E-state index in [-0.39, 0.29) is 5.25 Å². The van der Waals surface area contributed by atoms with Crippen molar-refractivity contribution in [3.8, 4) is 0 Å². The molecular formula is C15H20BrNO3S. The number of hydrogen-bond donors (Lipinski definition) is 1. The maximum absolute atomic E-state index is 12.4. The van der Waals surface area contributed by atoms with E-state index < -0.39 is 9.84 Å². The van der Waals surface area contributed by atoms with Crippen LogP contribution in [0.4, 0.5) is 0 Å². The Morgan fingerprint density at radius 3 is 2.67 bits per heavy atom. The van der Waals surface area contributed by atoms with Gasteiger partial charge in [-0.15, -0.1) is 0 Å². The van der Waals surface area contributed by atoms with Crippen LogP contribution in [0.15, 0.2) is 27.6 Å². The van der Waals surface area contributed by atoms with Crippen molar-refractivity contribution < 1.29 is 13.2 Å². The van der Waals surface area contributed by atoms with E-state index in [2.05, 4.69) is 21.2 Å². The molecule has 2 aliphatic rings. The molecule has 0 saturated carbocycles. The maximum atomic E-state index is 12.4. The molecule has 0 radical (unpaired) electrons. The fourth-order valence-corrected chi connectivity index (χ4v) is 5.46. The molecule has 116 valence electrons. The predicted molar refractivity (Wildman–Crippen MR) is 85.3 cm³/mol. The summed E-state index contributed by atoms with van der Waals surface area (Å²) in [6, 6.07) is 6.12. The summed E-state index contributed by atoms with van der Waals surface area (Å²) in [5, 5.41) is 3.13. The predicted octanol–water partition coefficient (Wildman–Crippen LogP) is 2.31. The van der Waals surface area contributed by atoms with Crippen LogP contribution in [-0.2, 0) is 21.0 Å². The fourth-order valence-electron chi connectivity index (χ4n) is 2.86. The number of halogens is 1. The van der Waals surface area contributed by atoms with E-state index in [4.69, 9.17) is 4.74 Å². The summed E-state index contributed by atoms with van der Waals surface area (Å²) in [6.45, 7) is 1.70. The third-order valence-corrected chi connectivity index (χ3v) is 7.28. The lowest BCUT2D eigenvalue weighted by Gasteiger charge is -2.26. The van der Waals surface area contributed by atoms with Gasteiger partial charge in [-0.2, -0.15) is 0 Å². The number of nitrogens with one attached hydrogen (secondary N) is 1. The monoisotopic (exact) mass is 373 g/mol. The van der Waals surface area contributed by atoms with E-state index in [0.717, 1.165) is 13.0 Å². The number of piperidine rings is 1. The normalized spacial score (nSPS) is 23.8. The van der Waals surface area contributed by atoms with Gasteiger partial charge in [-0.3, -0.25) is 0 Å². The fraction of sp³-hybridized carbons (Fsp3) is 0.600. The zero-order valence-corrected chi connectivity index (χ0v) is 14.2. The molecule has 1 aromatic rings. The molecule has 0 aromatic heterocycles. The second-order valence-corrected chi connectivity index (χ2v) is 8.87. The largest absolute Gasteiger partial charge is 0.379 e. The number of rotatable bonds is 4. The Morgan fingerprint density at radius 2 is 2.10 bits per heavy atom. The van der Waals surface area contributed by atoms with Crippen LogP contribution in [0.25, 0.3) is 0 Å². The zero-order chi connectivity index (χ0) is 14.9. The van der Waals surface area contributed by atoms with E-state index in [1.54, 1.807) is 6.07 Å². The molecule has 2 fully saturated rings. The maximum Gasteiger partial charge on any atom is 0.186 e. The highest BCUT2D eigenvalue weighted by molar-refractivity contribution is 9.10. The molecule has 1 unspecified atom stereocenters. The molecular weight excluding hydrogens is 354 g/mol. The number of benzene rings is 1. The highest BCUT2D eigenvalue weighted by atomic mass is 79.9. The molecule has 0 aliphatic carbocycles. The molecule has 2 saturated heterocycles. The summed E-state index contributed by atoms with van der Waals surface area (Å²) in [6.07, 6.45) is 4.66. The number of hydrogen-bond acceptors (Lipinski definition) is 4. The van der Waals surface area contributed by atoms with E-state index in [1.165, 1.54) is 24.8 Å². The van der Waals surface area contributed by atoms with Crippen molar-refractivity contribution in [2.75, 3.05) is 19.8 Å². The first-order chi connectivity index (χ1) is 10.1.